The number of nitrogens with zero attached hydrogens (tertiary/aromatic N) is 1. The molecule has 122 valence electrons. The molecule has 0 spiro atoms. The minimum absolute atomic E-state index is 0.187. The van der Waals surface area contributed by atoms with E-state index < -0.39 is 0 Å². The molecule has 22 heavy (non-hydrogen) atoms. The van der Waals surface area contributed by atoms with Crippen LogP contribution < -0.4 is 0 Å². The Kier molecular flexibility index (Phi) is 7.89. The number of hydrogen-bond donors (Lipinski definition) is 0. The summed E-state index contributed by atoms with van der Waals surface area (Å²) in [6.45, 7) is 11.6. The number of benzene rings is 1. The molecule has 0 unspecified atom stereocenters. The topological polar surface area (TPSA) is 29.5 Å². The molecule has 0 saturated heterocycles. The van der Waals surface area contributed by atoms with Crippen LogP contribution in [0.5, 0.6) is 0 Å². The van der Waals surface area contributed by atoms with Crippen LogP contribution >= 0.6 is 0 Å². The molecule has 3 heteroatoms. The fourth-order valence-corrected chi connectivity index (χ4v) is 2.87. The third-order valence-corrected chi connectivity index (χ3v) is 4.48. The number of carbonyl (C=O) groups is 1. The Balaban J connectivity index is 2.95. The first kappa shape index (κ1) is 18.4. The second-order valence-electron chi connectivity index (χ2n) is 5.90. The fourth-order valence-electron chi connectivity index (χ4n) is 2.87. The van der Waals surface area contributed by atoms with Crippen LogP contribution in [0.2, 0.25) is 0 Å². The molecule has 3 nitrogen and oxygen atoms in total. The molecule has 0 radical (unpaired) electrons. The van der Waals surface area contributed by atoms with Gasteiger partial charge in [0.05, 0.1) is 13.7 Å². The van der Waals surface area contributed by atoms with E-state index in [1.807, 2.05) is 24.3 Å². The van der Waals surface area contributed by atoms with E-state index in [-0.39, 0.29) is 5.97 Å². The predicted octanol–water partition coefficient (Wildman–Crippen LogP) is 3.90. The molecule has 0 bridgehead atoms. The lowest BCUT2D eigenvalue weighted by Crippen LogP contribution is -2.43. The summed E-state index contributed by atoms with van der Waals surface area (Å²) < 4.78 is 4.88. The predicted molar refractivity (Wildman–Crippen MR) is 91.5 cm³/mol. The van der Waals surface area contributed by atoms with Crippen LogP contribution in [0, 0.1) is 11.8 Å². The highest BCUT2D eigenvalue weighted by molar-refractivity contribution is 5.71. The number of hydrogen-bond acceptors (Lipinski definition) is 3. The van der Waals surface area contributed by atoms with Gasteiger partial charge in [0, 0.05) is 12.6 Å². The van der Waals surface area contributed by atoms with Crippen LogP contribution in [0.15, 0.2) is 43.0 Å². The summed E-state index contributed by atoms with van der Waals surface area (Å²) in [5.74, 6) is 0.643. The molecule has 1 rings (SSSR count). The van der Waals surface area contributed by atoms with Gasteiger partial charge in [0.2, 0.25) is 0 Å². The second kappa shape index (κ2) is 9.42. The van der Waals surface area contributed by atoms with Crippen molar-refractivity contribution in [3.05, 3.63) is 48.6 Å². The van der Waals surface area contributed by atoms with E-state index in [9.17, 15) is 4.79 Å². The molecule has 0 heterocycles. The Bertz CT molecular complexity index is 458. The van der Waals surface area contributed by atoms with Crippen molar-refractivity contribution < 1.29 is 9.53 Å². The highest BCUT2D eigenvalue weighted by Gasteiger charge is 2.27. The number of esters is 1. The smallest absolute Gasteiger partial charge is 0.319 e. The van der Waals surface area contributed by atoms with Crippen LogP contribution in [-0.2, 0) is 16.1 Å². The first-order chi connectivity index (χ1) is 10.5. The molecule has 0 aromatic heterocycles. The molecule has 0 aliphatic carbocycles. The third-order valence-electron chi connectivity index (χ3n) is 4.48. The summed E-state index contributed by atoms with van der Waals surface area (Å²) >= 11 is 0. The first-order valence-electron chi connectivity index (χ1n) is 8.00. The Labute approximate surface area is 135 Å². The molecule has 0 amide bonds. The summed E-state index contributed by atoms with van der Waals surface area (Å²) in [5, 5.41) is 0. The largest absolute Gasteiger partial charge is 0.468 e. The molecule has 0 saturated carbocycles. The van der Waals surface area contributed by atoms with Crippen molar-refractivity contribution in [2.45, 2.75) is 39.8 Å². The molecule has 3 atom stereocenters. The van der Waals surface area contributed by atoms with Gasteiger partial charge < -0.3 is 4.74 Å². The molecular weight excluding hydrogens is 274 g/mol. The standard InChI is InChI=1S/C19H29NO2/c1-6-15(3)16(4)18(7-2)20(14-19(21)22-5)13-17-11-9-8-10-12-17/h6,8-12,15-16,18H,1,7,13-14H2,2-5H3/t15-,16-,18-/m0/s1. The van der Waals surface area contributed by atoms with Crippen LogP contribution in [0.3, 0.4) is 0 Å². The lowest BCUT2D eigenvalue weighted by molar-refractivity contribution is -0.143. The fraction of sp³-hybridized carbons (Fsp3) is 0.526. The Morgan fingerprint density at radius 3 is 2.45 bits per heavy atom. The minimum atomic E-state index is -0.187. The van der Waals surface area contributed by atoms with Crippen molar-refractivity contribution in [3.63, 3.8) is 0 Å². The zero-order valence-electron chi connectivity index (χ0n) is 14.3. The van der Waals surface area contributed by atoms with Gasteiger partial charge in [-0.25, -0.2) is 0 Å². The maximum Gasteiger partial charge on any atom is 0.319 e. The third kappa shape index (κ3) is 5.30. The van der Waals surface area contributed by atoms with E-state index in [4.69, 9.17) is 4.74 Å². The van der Waals surface area contributed by atoms with Crippen molar-refractivity contribution in [3.8, 4) is 0 Å². The number of carbonyl (C=O) groups excluding carboxylic acids is 1. The normalized spacial score (nSPS) is 15.1. The van der Waals surface area contributed by atoms with E-state index in [2.05, 4.69) is 44.4 Å². The number of rotatable bonds is 9. The van der Waals surface area contributed by atoms with Gasteiger partial charge in [-0.15, -0.1) is 6.58 Å². The van der Waals surface area contributed by atoms with E-state index in [0.29, 0.717) is 24.4 Å². The van der Waals surface area contributed by atoms with Gasteiger partial charge in [0.15, 0.2) is 0 Å². The average molecular weight is 303 g/mol. The Morgan fingerprint density at radius 1 is 1.32 bits per heavy atom. The first-order valence-corrected chi connectivity index (χ1v) is 8.00. The highest BCUT2D eigenvalue weighted by Crippen LogP contribution is 2.24. The molecule has 0 fully saturated rings. The van der Waals surface area contributed by atoms with Crippen molar-refractivity contribution in [1.29, 1.82) is 0 Å². The monoisotopic (exact) mass is 303 g/mol. The lowest BCUT2D eigenvalue weighted by Gasteiger charge is -2.36. The van der Waals surface area contributed by atoms with E-state index in [1.165, 1.54) is 12.7 Å². The summed E-state index contributed by atoms with van der Waals surface area (Å²) in [4.78, 5) is 14.0. The van der Waals surface area contributed by atoms with Crippen molar-refractivity contribution in [1.82, 2.24) is 4.90 Å². The van der Waals surface area contributed by atoms with Gasteiger partial charge >= 0.3 is 5.97 Å². The Hall–Kier alpha value is -1.61. The molecular formula is C19H29NO2. The number of ether oxygens (including phenoxy) is 1. The summed E-state index contributed by atoms with van der Waals surface area (Å²) in [6.07, 6.45) is 2.98. The van der Waals surface area contributed by atoms with Gasteiger partial charge in [-0.3, -0.25) is 9.69 Å². The summed E-state index contributed by atoms with van der Waals surface area (Å²) in [5.41, 5.74) is 1.21. The van der Waals surface area contributed by atoms with Crippen molar-refractivity contribution in [2.24, 2.45) is 11.8 Å². The number of allylic oxidation sites excluding steroid dienone is 1. The van der Waals surface area contributed by atoms with Crippen LogP contribution in [0.1, 0.15) is 32.8 Å². The minimum Gasteiger partial charge on any atom is -0.468 e. The summed E-state index contributed by atoms with van der Waals surface area (Å²) in [6, 6.07) is 10.6. The van der Waals surface area contributed by atoms with Gasteiger partial charge in [0.1, 0.15) is 0 Å². The Morgan fingerprint density at radius 2 is 1.95 bits per heavy atom. The lowest BCUT2D eigenvalue weighted by atomic mass is 9.86. The number of methoxy groups -OCH3 is 1. The van der Waals surface area contributed by atoms with Crippen molar-refractivity contribution >= 4 is 5.97 Å². The van der Waals surface area contributed by atoms with E-state index >= 15 is 0 Å². The van der Waals surface area contributed by atoms with Crippen molar-refractivity contribution in [2.75, 3.05) is 13.7 Å². The highest BCUT2D eigenvalue weighted by atomic mass is 16.5. The SMILES string of the molecule is C=C[C@H](C)[C@H](C)[C@H](CC)N(CC(=O)OC)Cc1ccccc1. The zero-order valence-corrected chi connectivity index (χ0v) is 14.3. The molecule has 1 aromatic carbocycles. The average Bonchev–Trinajstić information content (AvgIpc) is 2.55. The maximum atomic E-state index is 11.8. The van der Waals surface area contributed by atoms with Gasteiger partial charge in [-0.05, 0) is 23.8 Å². The van der Waals surface area contributed by atoms with E-state index in [0.717, 1.165) is 13.0 Å². The van der Waals surface area contributed by atoms with Gasteiger partial charge in [-0.2, -0.15) is 0 Å². The van der Waals surface area contributed by atoms with Crippen LogP contribution in [0.25, 0.3) is 0 Å². The van der Waals surface area contributed by atoms with Crippen LogP contribution in [-0.4, -0.2) is 30.6 Å². The zero-order chi connectivity index (χ0) is 16.5. The van der Waals surface area contributed by atoms with Gasteiger partial charge in [0.25, 0.3) is 0 Å². The second-order valence-corrected chi connectivity index (χ2v) is 5.90. The molecule has 0 aliphatic rings. The van der Waals surface area contributed by atoms with E-state index in [1.54, 1.807) is 0 Å². The maximum absolute atomic E-state index is 11.8. The van der Waals surface area contributed by atoms with Crippen LogP contribution in [0.4, 0.5) is 0 Å². The molecule has 0 aliphatic heterocycles. The molecule has 0 N–H and O–H groups in total. The molecule has 1 aromatic rings. The summed E-state index contributed by atoms with van der Waals surface area (Å²) in [7, 11) is 1.44. The quantitative estimate of drug-likeness (QED) is 0.512. The van der Waals surface area contributed by atoms with Gasteiger partial charge in [-0.1, -0.05) is 57.2 Å².